The van der Waals surface area contributed by atoms with Gasteiger partial charge in [-0.15, -0.1) is 0 Å². The highest BCUT2D eigenvalue weighted by Gasteiger charge is 2.10. The Morgan fingerprint density at radius 3 is 2.57 bits per heavy atom. The Kier molecular flexibility index (Phi) is 7.15. The van der Waals surface area contributed by atoms with Crippen LogP contribution in [0.5, 0.6) is 11.5 Å². The predicted molar refractivity (Wildman–Crippen MR) is 81.0 cm³/mol. The van der Waals surface area contributed by atoms with Crippen LogP contribution in [0.15, 0.2) is 23.8 Å². The highest BCUT2D eigenvalue weighted by atomic mass is 19.3. The van der Waals surface area contributed by atoms with E-state index >= 15 is 0 Å². The molecular formula is C16H23F2NO2. The van der Waals surface area contributed by atoms with Gasteiger partial charge in [-0.25, -0.2) is 0 Å². The molecule has 0 aliphatic heterocycles. The maximum Gasteiger partial charge on any atom is 0.387 e. The Balaban J connectivity index is 2.78. The zero-order valence-corrected chi connectivity index (χ0v) is 13.0. The lowest BCUT2D eigenvalue weighted by Gasteiger charge is -2.11. The summed E-state index contributed by atoms with van der Waals surface area (Å²) in [5.74, 6) is 0.928. The van der Waals surface area contributed by atoms with E-state index in [4.69, 9.17) is 4.74 Å². The molecule has 118 valence electrons. The zero-order valence-electron chi connectivity index (χ0n) is 13.0. The van der Waals surface area contributed by atoms with Crippen molar-refractivity contribution < 1.29 is 18.3 Å². The fourth-order valence-corrected chi connectivity index (χ4v) is 1.86. The van der Waals surface area contributed by atoms with Crippen molar-refractivity contribution >= 4 is 6.08 Å². The molecule has 0 aliphatic carbocycles. The van der Waals surface area contributed by atoms with Gasteiger partial charge in [-0.2, -0.15) is 8.78 Å². The van der Waals surface area contributed by atoms with Gasteiger partial charge in [-0.3, -0.25) is 0 Å². The predicted octanol–water partition coefficient (Wildman–Crippen LogP) is 3.95. The van der Waals surface area contributed by atoms with E-state index in [1.165, 1.54) is 7.11 Å². The highest BCUT2D eigenvalue weighted by molar-refractivity contribution is 5.58. The summed E-state index contributed by atoms with van der Waals surface area (Å²) in [5.41, 5.74) is 1.92. The van der Waals surface area contributed by atoms with E-state index in [0.29, 0.717) is 11.7 Å². The lowest BCUT2D eigenvalue weighted by Crippen LogP contribution is -2.21. The third kappa shape index (κ3) is 6.58. The van der Waals surface area contributed by atoms with Crippen LogP contribution in [0, 0.1) is 5.92 Å². The number of ether oxygens (including phenoxy) is 2. The van der Waals surface area contributed by atoms with Crippen LogP contribution >= 0.6 is 0 Å². The fraction of sp³-hybridized carbons (Fsp3) is 0.500. The second-order valence-electron chi connectivity index (χ2n) is 5.30. The van der Waals surface area contributed by atoms with Gasteiger partial charge in [0.1, 0.15) is 0 Å². The third-order valence-corrected chi connectivity index (χ3v) is 2.77. The van der Waals surface area contributed by atoms with Gasteiger partial charge in [0.25, 0.3) is 0 Å². The van der Waals surface area contributed by atoms with Crippen LogP contribution in [0.2, 0.25) is 0 Å². The molecule has 0 aliphatic rings. The first-order valence-electron chi connectivity index (χ1n) is 6.93. The van der Waals surface area contributed by atoms with Crippen molar-refractivity contribution in [2.75, 3.05) is 20.2 Å². The SMILES string of the molecule is COc1ccc(C=C(C)CNCC(C)C)cc1OC(F)F. The van der Waals surface area contributed by atoms with Crippen LogP contribution in [0.4, 0.5) is 8.78 Å². The topological polar surface area (TPSA) is 30.5 Å². The number of halogens is 2. The number of hydrogen-bond donors (Lipinski definition) is 1. The molecule has 1 aromatic rings. The van der Waals surface area contributed by atoms with Crippen LogP contribution in [0.3, 0.4) is 0 Å². The molecule has 0 saturated carbocycles. The van der Waals surface area contributed by atoms with Crippen molar-refractivity contribution in [1.29, 1.82) is 0 Å². The summed E-state index contributed by atoms with van der Waals surface area (Å²) in [6.45, 7) is 5.10. The number of rotatable bonds is 8. The van der Waals surface area contributed by atoms with Crippen molar-refractivity contribution in [2.24, 2.45) is 5.92 Å². The number of alkyl halides is 2. The smallest absolute Gasteiger partial charge is 0.387 e. The molecule has 1 rings (SSSR count). The second kappa shape index (κ2) is 8.62. The molecule has 0 aromatic heterocycles. The Hall–Kier alpha value is -1.62. The van der Waals surface area contributed by atoms with Gasteiger partial charge in [0.15, 0.2) is 11.5 Å². The molecule has 1 N–H and O–H groups in total. The van der Waals surface area contributed by atoms with Crippen LogP contribution in [0.1, 0.15) is 26.3 Å². The molecule has 3 nitrogen and oxygen atoms in total. The summed E-state index contributed by atoms with van der Waals surface area (Å²) >= 11 is 0. The van der Waals surface area contributed by atoms with E-state index < -0.39 is 6.61 Å². The number of benzene rings is 1. The van der Waals surface area contributed by atoms with Crippen LogP contribution < -0.4 is 14.8 Å². The molecule has 0 spiro atoms. The standard InChI is InChI=1S/C16H23F2NO2/c1-11(2)9-19-10-12(3)7-13-5-6-14(20-4)15(8-13)21-16(17)18/h5-8,11,16,19H,9-10H2,1-4H3. The van der Waals surface area contributed by atoms with Crippen LogP contribution in [0.25, 0.3) is 6.08 Å². The van der Waals surface area contributed by atoms with Gasteiger partial charge in [0.05, 0.1) is 7.11 Å². The Labute approximate surface area is 124 Å². The van der Waals surface area contributed by atoms with E-state index in [2.05, 4.69) is 23.9 Å². The van der Waals surface area contributed by atoms with Gasteiger partial charge in [0.2, 0.25) is 0 Å². The lowest BCUT2D eigenvalue weighted by atomic mass is 10.1. The maximum absolute atomic E-state index is 12.4. The Morgan fingerprint density at radius 1 is 1.29 bits per heavy atom. The maximum atomic E-state index is 12.4. The quantitative estimate of drug-likeness (QED) is 0.788. The molecule has 0 atom stereocenters. The summed E-state index contributed by atoms with van der Waals surface area (Å²) in [5, 5.41) is 3.33. The molecule has 5 heteroatoms. The van der Waals surface area contributed by atoms with Crippen molar-refractivity contribution in [3.05, 3.63) is 29.3 Å². The molecule has 1 aromatic carbocycles. The Bertz CT molecular complexity index is 473. The number of nitrogens with one attached hydrogen (secondary N) is 1. The van der Waals surface area contributed by atoms with Gasteiger partial charge in [-0.05, 0) is 37.1 Å². The van der Waals surface area contributed by atoms with Gasteiger partial charge < -0.3 is 14.8 Å². The van der Waals surface area contributed by atoms with E-state index in [1.807, 2.05) is 19.1 Å². The third-order valence-electron chi connectivity index (χ3n) is 2.77. The highest BCUT2D eigenvalue weighted by Crippen LogP contribution is 2.30. The largest absolute Gasteiger partial charge is 0.493 e. The number of methoxy groups -OCH3 is 1. The molecule has 0 saturated heterocycles. The summed E-state index contributed by atoms with van der Waals surface area (Å²) in [6, 6.07) is 4.98. The molecule has 0 radical (unpaired) electrons. The molecule has 0 fully saturated rings. The molecule has 0 amide bonds. The van der Waals surface area contributed by atoms with Crippen molar-refractivity contribution in [3.63, 3.8) is 0 Å². The minimum Gasteiger partial charge on any atom is -0.493 e. The van der Waals surface area contributed by atoms with Gasteiger partial charge >= 0.3 is 6.61 Å². The first-order chi connectivity index (χ1) is 9.92. The number of hydrogen-bond acceptors (Lipinski definition) is 3. The van der Waals surface area contributed by atoms with Crippen molar-refractivity contribution in [3.8, 4) is 11.5 Å². The van der Waals surface area contributed by atoms with E-state index in [1.54, 1.807) is 12.1 Å². The van der Waals surface area contributed by atoms with Crippen molar-refractivity contribution in [2.45, 2.75) is 27.4 Å². The minimum atomic E-state index is -2.87. The first-order valence-corrected chi connectivity index (χ1v) is 6.93. The van der Waals surface area contributed by atoms with E-state index in [9.17, 15) is 8.78 Å². The van der Waals surface area contributed by atoms with Gasteiger partial charge in [0, 0.05) is 6.54 Å². The second-order valence-corrected chi connectivity index (χ2v) is 5.30. The summed E-state index contributed by atoms with van der Waals surface area (Å²) in [6.07, 6.45) is 1.94. The summed E-state index contributed by atoms with van der Waals surface area (Å²) in [4.78, 5) is 0. The zero-order chi connectivity index (χ0) is 15.8. The molecule has 0 unspecified atom stereocenters. The molecular weight excluding hydrogens is 276 g/mol. The average Bonchev–Trinajstić information content (AvgIpc) is 2.37. The fourth-order valence-electron chi connectivity index (χ4n) is 1.86. The molecule has 21 heavy (non-hydrogen) atoms. The summed E-state index contributed by atoms with van der Waals surface area (Å²) < 4.78 is 34.2. The van der Waals surface area contributed by atoms with Crippen LogP contribution in [-0.2, 0) is 0 Å². The molecule has 0 bridgehead atoms. The first kappa shape index (κ1) is 17.4. The monoisotopic (exact) mass is 299 g/mol. The molecule has 0 heterocycles. The van der Waals surface area contributed by atoms with Crippen molar-refractivity contribution in [1.82, 2.24) is 5.32 Å². The van der Waals surface area contributed by atoms with Gasteiger partial charge in [-0.1, -0.05) is 31.6 Å². The lowest BCUT2D eigenvalue weighted by molar-refractivity contribution is -0.0512. The Morgan fingerprint density at radius 2 is 2.00 bits per heavy atom. The normalized spacial score (nSPS) is 12.1. The average molecular weight is 299 g/mol. The summed E-state index contributed by atoms with van der Waals surface area (Å²) in [7, 11) is 1.42. The van der Waals surface area contributed by atoms with E-state index in [0.717, 1.165) is 24.2 Å². The minimum absolute atomic E-state index is 0.0455. The van der Waals surface area contributed by atoms with Crippen LogP contribution in [-0.4, -0.2) is 26.8 Å². The van der Waals surface area contributed by atoms with E-state index in [-0.39, 0.29) is 5.75 Å².